The van der Waals surface area contributed by atoms with E-state index in [1.807, 2.05) is 33.0 Å². The van der Waals surface area contributed by atoms with Crippen molar-refractivity contribution in [1.29, 1.82) is 0 Å². The maximum Gasteiger partial charge on any atom is 0.150 e. The number of rotatable bonds is 5. The van der Waals surface area contributed by atoms with Crippen molar-refractivity contribution in [3.8, 4) is 0 Å². The normalized spacial score (nSPS) is 17.1. The Balaban J connectivity index is 3.24. The van der Waals surface area contributed by atoms with Crippen LogP contribution in [0.4, 0.5) is 0 Å². The summed E-state index contributed by atoms with van der Waals surface area (Å²) in [6.07, 6.45) is 10.5. The van der Waals surface area contributed by atoms with Crippen molar-refractivity contribution in [2.75, 3.05) is 7.05 Å². The second-order valence-electron chi connectivity index (χ2n) is 4.44. The fourth-order valence-electron chi connectivity index (χ4n) is 1.94. The molecular weight excluding hydrogens is 234 g/mol. The van der Waals surface area contributed by atoms with Gasteiger partial charge in [0.2, 0.25) is 0 Å². The second kappa shape index (κ2) is 6.83. The van der Waals surface area contributed by atoms with Gasteiger partial charge in [-0.25, -0.2) is 0 Å². The van der Waals surface area contributed by atoms with Gasteiger partial charge in [0.1, 0.15) is 5.76 Å². The Morgan fingerprint density at radius 1 is 1.21 bits per heavy atom. The molecule has 0 aliphatic carbocycles. The molecule has 2 nitrogen and oxygen atoms in total. The maximum atomic E-state index is 5.88. The first kappa shape index (κ1) is 15.1. The Bertz CT molecular complexity index is 489. The minimum atomic E-state index is 0.761. The summed E-state index contributed by atoms with van der Waals surface area (Å²) in [6.45, 7) is 13.8. The molecule has 1 aliphatic rings. The summed E-state index contributed by atoms with van der Waals surface area (Å²) in [6, 6.07) is 0. The average molecular weight is 257 g/mol. The van der Waals surface area contributed by atoms with E-state index in [4.69, 9.17) is 4.74 Å². The Kier molecular flexibility index (Phi) is 5.43. The molecule has 0 N–H and O–H groups in total. The fraction of sp³-hybridized carbons (Fsp3) is 0.294. The van der Waals surface area contributed by atoms with Crippen LogP contribution in [-0.2, 0) is 4.74 Å². The zero-order valence-electron chi connectivity index (χ0n) is 12.4. The number of nitrogens with zero attached hydrogens (tertiary/aromatic N) is 1. The van der Waals surface area contributed by atoms with E-state index in [0.29, 0.717) is 0 Å². The van der Waals surface area contributed by atoms with Crippen LogP contribution in [0.5, 0.6) is 0 Å². The van der Waals surface area contributed by atoms with Crippen molar-refractivity contribution in [3.63, 3.8) is 0 Å². The van der Waals surface area contributed by atoms with E-state index in [1.165, 1.54) is 5.57 Å². The highest BCUT2D eigenvalue weighted by Crippen LogP contribution is 2.32. The van der Waals surface area contributed by atoms with Gasteiger partial charge in [0.15, 0.2) is 5.76 Å². The Hall–Kier alpha value is -1.96. The Labute approximate surface area is 116 Å². The van der Waals surface area contributed by atoms with Gasteiger partial charge in [0, 0.05) is 13.5 Å². The van der Waals surface area contributed by atoms with Crippen LogP contribution in [0.2, 0.25) is 0 Å². The Morgan fingerprint density at radius 2 is 1.84 bits per heavy atom. The number of likely N-dealkylation sites (N-methyl/N-ethyl adjacent to an activating group) is 1. The van der Waals surface area contributed by atoms with Gasteiger partial charge in [0.05, 0.1) is 11.4 Å². The topological polar surface area (TPSA) is 12.5 Å². The van der Waals surface area contributed by atoms with E-state index in [9.17, 15) is 0 Å². The van der Waals surface area contributed by atoms with Gasteiger partial charge < -0.3 is 9.64 Å². The first-order chi connectivity index (χ1) is 9.08. The fourth-order valence-corrected chi connectivity index (χ4v) is 1.94. The van der Waals surface area contributed by atoms with E-state index < -0.39 is 0 Å². The van der Waals surface area contributed by atoms with Crippen LogP contribution in [0.25, 0.3) is 0 Å². The predicted molar refractivity (Wildman–Crippen MR) is 82.2 cm³/mol. The maximum absolute atomic E-state index is 5.88. The molecule has 0 saturated carbocycles. The molecule has 19 heavy (non-hydrogen) atoms. The summed E-state index contributed by atoms with van der Waals surface area (Å²) < 4.78 is 5.88. The van der Waals surface area contributed by atoms with Crippen LogP contribution < -0.4 is 0 Å². The van der Waals surface area contributed by atoms with Gasteiger partial charge in [-0.3, -0.25) is 0 Å². The van der Waals surface area contributed by atoms with Crippen molar-refractivity contribution < 1.29 is 4.74 Å². The molecule has 0 aromatic rings. The third kappa shape index (κ3) is 3.28. The van der Waals surface area contributed by atoms with Crippen molar-refractivity contribution >= 4 is 0 Å². The van der Waals surface area contributed by atoms with Crippen molar-refractivity contribution in [1.82, 2.24) is 4.90 Å². The van der Waals surface area contributed by atoms with Crippen LogP contribution in [0.15, 0.2) is 72.0 Å². The third-order valence-corrected chi connectivity index (χ3v) is 3.16. The molecule has 0 bridgehead atoms. The van der Waals surface area contributed by atoms with Crippen molar-refractivity contribution in [2.24, 2.45) is 0 Å². The molecule has 0 aromatic carbocycles. The molecule has 0 atom stereocenters. The summed E-state index contributed by atoms with van der Waals surface area (Å²) in [5.74, 6) is 1.56. The van der Waals surface area contributed by atoms with Gasteiger partial charge in [0.25, 0.3) is 0 Å². The lowest BCUT2D eigenvalue weighted by Crippen LogP contribution is -2.24. The molecule has 1 rings (SSSR count). The Morgan fingerprint density at radius 3 is 2.32 bits per heavy atom. The number of hydrogen-bond acceptors (Lipinski definition) is 2. The predicted octanol–water partition coefficient (Wildman–Crippen LogP) is 4.68. The van der Waals surface area contributed by atoms with Gasteiger partial charge in [-0.15, -0.1) is 0 Å². The molecule has 1 aliphatic heterocycles. The zero-order chi connectivity index (χ0) is 14.4. The lowest BCUT2D eigenvalue weighted by atomic mass is 10.1. The van der Waals surface area contributed by atoms with Crippen molar-refractivity contribution in [2.45, 2.75) is 27.2 Å². The van der Waals surface area contributed by atoms with Crippen LogP contribution in [-0.4, -0.2) is 11.9 Å². The van der Waals surface area contributed by atoms with Crippen LogP contribution in [0.1, 0.15) is 27.2 Å². The minimum absolute atomic E-state index is 0.761. The van der Waals surface area contributed by atoms with E-state index >= 15 is 0 Å². The molecule has 0 spiro atoms. The summed E-state index contributed by atoms with van der Waals surface area (Å²) >= 11 is 0. The van der Waals surface area contributed by atoms with Gasteiger partial charge in [-0.1, -0.05) is 30.9 Å². The molecule has 0 amide bonds. The molecule has 0 radical (unpaired) electrons. The first-order valence-corrected chi connectivity index (χ1v) is 6.47. The molecule has 2 heteroatoms. The molecule has 0 aromatic heterocycles. The smallest absolute Gasteiger partial charge is 0.150 e. The van der Waals surface area contributed by atoms with Gasteiger partial charge >= 0.3 is 0 Å². The second-order valence-corrected chi connectivity index (χ2v) is 4.44. The van der Waals surface area contributed by atoms with Crippen LogP contribution >= 0.6 is 0 Å². The van der Waals surface area contributed by atoms with Gasteiger partial charge in [-0.2, -0.15) is 0 Å². The minimum Gasteiger partial charge on any atom is -0.453 e. The first-order valence-electron chi connectivity index (χ1n) is 6.47. The third-order valence-electron chi connectivity index (χ3n) is 3.16. The summed E-state index contributed by atoms with van der Waals surface area (Å²) in [7, 11) is 2.04. The van der Waals surface area contributed by atoms with E-state index in [-0.39, 0.29) is 0 Å². The molecular formula is C17H23NO. The molecule has 0 fully saturated rings. The molecule has 0 saturated heterocycles. The largest absolute Gasteiger partial charge is 0.453 e. The van der Waals surface area contributed by atoms with Crippen molar-refractivity contribution in [3.05, 3.63) is 72.0 Å². The number of hydrogen-bond donors (Lipinski definition) is 0. The number of allylic oxidation sites excluding steroid dienone is 6. The van der Waals surface area contributed by atoms with E-state index in [1.54, 1.807) is 12.2 Å². The molecule has 1 heterocycles. The quantitative estimate of drug-likeness (QED) is 0.663. The van der Waals surface area contributed by atoms with E-state index in [0.717, 1.165) is 29.3 Å². The SMILES string of the molecule is C=CC1=C(/C=C\C)N(C)C(C/C(C)=C/C)=C(C=C)O1. The molecule has 0 unspecified atom stereocenters. The van der Waals surface area contributed by atoms with Gasteiger partial charge in [-0.05, 0) is 39.0 Å². The highest BCUT2D eigenvalue weighted by Gasteiger charge is 2.22. The zero-order valence-corrected chi connectivity index (χ0v) is 12.4. The standard InChI is InChI=1S/C17H23NO/c1-7-11-14-16(9-3)19-17(10-4)15(18(14)6)12-13(5)8-2/h7-11H,3-4,12H2,1-2,5-6H3/b11-7-,13-8+. The summed E-state index contributed by atoms with van der Waals surface area (Å²) in [5, 5.41) is 0. The van der Waals surface area contributed by atoms with Crippen LogP contribution in [0, 0.1) is 0 Å². The summed E-state index contributed by atoms with van der Waals surface area (Å²) in [4.78, 5) is 2.14. The molecule has 102 valence electrons. The number of ether oxygens (including phenoxy) is 1. The average Bonchev–Trinajstić information content (AvgIpc) is 2.43. The summed E-state index contributed by atoms with van der Waals surface area (Å²) in [5.41, 5.74) is 3.43. The monoisotopic (exact) mass is 257 g/mol. The highest BCUT2D eigenvalue weighted by molar-refractivity contribution is 5.39. The highest BCUT2D eigenvalue weighted by atomic mass is 16.5. The van der Waals surface area contributed by atoms with E-state index in [2.05, 4.69) is 31.1 Å². The lowest BCUT2D eigenvalue weighted by molar-refractivity contribution is 0.272. The van der Waals surface area contributed by atoms with Crippen LogP contribution in [0.3, 0.4) is 0 Å². The lowest BCUT2D eigenvalue weighted by Gasteiger charge is -2.32.